The van der Waals surface area contributed by atoms with E-state index in [0.29, 0.717) is 12.2 Å². The summed E-state index contributed by atoms with van der Waals surface area (Å²) in [5.41, 5.74) is 1.28. The van der Waals surface area contributed by atoms with Crippen molar-refractivity contribution in [3.05, 3.63) is 29.8 Å². The smallest absolute Gasteiger partial charge is 0.247 e. The molecule has 1 aromatic carbocycles. The van der Waals surface area contributed by atoms with Crippen molar-refractivity contribution in [3.8, 4) is 0 Å². The molecule has 1 rings (SSSR count). The van der Waals surface area contributed by atoms with Crippen molar-refractivity contribution >= 4 is 25.5 Å². The Labute approximate surface area is 114 Å². The molecule has 0 atom stereocenters. The van der Waals surface area contributed by atoms with E-state index < -0.39 is 24.9 Å². The van der Waals surface area contributed by atoms with Crippen LogP contribution >= 0.6 is 0 Å². The van der Waals surface area contributed by atoms with Crippen LogP contribution in [0.25, 0.3) is 0 Å². The van der Waals surface area contributed by atoms with Crippen molar-refractivity contribution in [2.75, 3.05) is 22.6 Å². The molecular weight excluding hydrogens is 288 g/mol. The van der Waals surface area contributed by atoms with Gasteiger partial charge in [-0.15, -0.1) is 0 Å². The Hall–Kier alpha value is -1.12. The number of rotatable bonds is 7. The summed E-state index contributed by atoms with van der Waals surface area (Å²) in [5.74, 6) is 0. The Morgan fingerprint density at radius 2 is 1.84 bits per heavy atom. The summed E-state index contributed by atoms with van der Waals surface area (Å²) in [6.45, 7) is 3.40. The lowest BCUT2D eigenvalue weighted by Crippen LogP contribution is -2.22. The third kappa shape index (κ3) is 6.55. The third-order valence-electron chi connectivity index (χ3n) is 2.15. The quantitative estimate of drug-likeness (QED) is 0.767. The van der Waals surface area contributed by atoms with Crippen molar-refractivity contribution < 1.29 is 16.8 Å². The SMILES string of the molecule is CCNCc1cccc(NS(=O)(=O)CS(C)(=O)=O)c1. The molecule has 0 aliphatic heterocycles. The second-order valence-corrected chi connectivity index (χ2v) is 8.47. The molecule has 1 aromatic rings. The Bertz CT molecular complexity index is 624. The molecule has 8 heteroatoms. The van der Waals surface area contributed by atoms with Gasteiger partial charge in [0, 0.05) is 18.5 Å². The lowest BCUT2D eigenvalue weighted by atomic mass is 10.2. The number of benzene rings is 1. The highest BCUT2D eigenvalue weighted by Crippen LogP contribution is 2.13. The average Bonchev–Trinajstić information content (AvgIpc) is 2.22. The molecule has 0 spiro atoms. The third-order valence-corrected chi connectivity index (χ3v) is 5.65. The largest absolute Gasteiger partial charge is 0.313 e. The van der Waals surface area contributed by atoms with Crippen LogP contribution in [0.2, 0.25) is 0 Å². The van der Waals surface area contributed by atoms with Gasteiger partial charge in [-0.3, -0.25) is 4.72 Å². The molecule has 0 radical (unpaired) electrons. The van der Waals surface area contributed by atoms with Gasteiger partial charge < -0.3 is 5.32 Å². The fourth-order valence-corrected chi connectivity index (χ4v) is 4.48. The maximum atomic E-state index is 11.6. The second kappa shape index (κ2) is 6.36. The van der Waals surface area contributed by atoms with E-state index in [1.165, 1.54) is 0 Å². The molecule has 2 N–H and O–H groups in total. The van der Waals surface area contributed by atoms with Crippen molar-refractivity contribution in [1.82, 2.24) is 5.32 Å². The van der Waals surface area contributed by atoms with Crippen LogP contribution in [0.4, 0.5) is 5.69 Å². The summed E-state index contributed by atoms with van der Waals surface area (Å²) in [6.07, 6.45) is 0.883. The maximum Gasteiger partial charge on any atom is 0.247 e. The molecule has 0 aliphatic carbocycles. The van der Waals surface area contributed by atoms with E-state index in [2.05, 4.69) is 10.0 Å². The lowest BCUT2D eigenvalue weighted by Gasteiger charge is -2.09. The molecule has 6 nitrogen and oxygen atoms in total. The van der Waals surface area contributed by atoms with Crippen LogP contribution < -0.4 is 10.0 Å². The highest BCUT2D eigenvalue weighted by Gasteiger charge is 2.18. The van der Waals surface area contributed by atoms with Crippen molar-refractivity contribution in [2.24, 2.45) is 0 Å². The predicted octanol–water partition coefficient (Wildman–Crippen LogP) is 0.540. The van der Waals surface area contributed by atoms with Gasteiger partial charge in [-0.1, -0.05) is 19.1 Å². The predicted molar refractivity (Wildman–Crippen MR) is 76.1 cm³/mol. The topological polar surface area (TPSA) is 92.3 Å². The van der Waals surface area contributed by atoms with E-state index in [4.69, 9.17) is 0 Å². The van der Waals surface area contributed by atoms with Gasteiger partial charge in [0.05, 0.1) is 0 Å². The molecule has 0 aromatic heterocycles. The molecule has 19 heavy (non-hydrogen) atoms. The second-order valence-electron chi connectivity index (χ2n) is 4.24. The van der Waals surface area contributed by atoms with E-state index in [1.54, 1.807) is 18.2 Å². The van der Waals surface area contributed by atoms with Gasteiger partial charge in [-0.2, -0.15) is 0 Å². The summed E-state index contributed by atoms with van der Waals surface area (Å²) in [6, 6.07) is 6.82. The number of hydrogen-bond donors (Lipinski definition) is 2. The summed E-state index contributed by atoms with van der Waals surface area (Å²) < 4.78 is 47.6. The van der Waals surface area contributed by atoms with E-state index in [9.17, 15) is 16.8 Å². The van der Waals surface area contributed by atoms with Crippen LogP contribution in [-0.4, -0.2) is 34.7 Å². The van der Waals surface area contributed by atoms with Crippen LogP contribution in [0.1, 0.15) is 12.5 Å². The van der Waals surface area contributed by atoms with Crippen LogP contribution in [0.5, 0.6) is 0 Å². The number of sulfone groups is 1. The van der Waals surface area contributed by atoms with E-state index >= 15 is 0 Å². The molecule has 0 saturated heterocycles. The standard InChI is InChI=1S/C11H18N2O4S2/c1-3-12-8-10-5-4-6-11(7-10)13-19(16,17)9-18(2,14)15/h4-7,12-13H,3,8-9H2,1-2H3. The van der Waals surface area contributed by atoms with E-state index in [1.807, 2.05) is 13.0 Å². The normalized spacial score (nSPS) is 12.3. The first kappa shape index (κ1) is 15.9. The molecule has 0 amide bonds. The van der Waals surface area contributed by atoms with Gasteiger partial charge in [0.2, 0.25) is 10.0 Å². The zero-order chi connectivity index (χ0) is 14.5. The first-order valence-corrected chi connectivity index (χ1v) is 9.41. The fourth-order valence-electron chi connectivity index (χ4n) is 1.50. The van der Waals surface area contributed by atoms with Crippen molar-refractivity contribution in [1.29, 1.82) is 0 Å². The summed E-state index contributed by atoms with van der Waals surface area (Å²) >= 11 is 0. The molecule has 108 valence electrons. The molecule has 0 unspecified atom stereocenters. The first-order valence-electron chi connectivity index (χ1n) is 5.70. The molecular formula is C11H18N2O4S2. The average molecular weight is 306 g/mol. The van der Waals surface area contributed by atoms with Crippen LogP contribution in [0, 0.1) is 0 Å². The molecule has 0 bridgehead atoms. The molecule has 0 saturated carbocycles. The van der Waals surface area contributed by atoms with Crippen LogP contribution in [-0.2, 0) is 26.4 Å². The Morgan fingerprint density at radius 3 is 2.42 bits per heavy atom. The van der Waals surface area contributed by atoms with E-state index in [-0.39, 0.29) is 0 Å². The van der Waals surface area contributed by atoms with Gasteiger partial charge >= 0.3 is 0 Å². The minimum atomic E-state index is -3.89. The Kier molecular flexibility index (Phi) is 5.33. The molecule has 0 aliphatic rings. The minimum Gasteiger partial charge on any atom is -0.313 e. The maximum absolute atomic E-state index is 11.6. The Balaban J connectivity index is 2.82. The minimum absolute atomic E-state index is 0.360. The monoisotopic (exact) mass is 306 g/mol. The van der Waals surface area contributed by atoms with Crippen molar-refractivity contribution in [3.63, 3.8) is 0 Å². The fraction of sp³-hybridized carbons (Fsp3) is 0.455. The van der Waals surface area contributed by atoms with Gasteiger partial charge in [0.1, 0.15) is 0 Å². The van der Waals surface area contributed by atoms with Gasteiger partial charge in [-0.05, 0) is 24.2 Å². The Morgan fingerprint density at radius 1 is 1.16 bits per heavy atom. The summed E-state index contributed by atoms with van der Waals surface area (Å²) in [4.78, 5) is 0. The zero-order valence-corrected chi connectivity index (χ0v) is 12.5. The first-order chi connectivity index (χ1) is 8.72. The van der Waals surface area contributed by atoms with Gasteiger partial charge in [-0.25, -0.2) is 16.8 Å². The zero-order valence-electron chi connectivity index (χ0n) is 10.9. The lowest BCUT2D eigenvalue weighted by molar-refractivity contribution is 0.595. The van der Waals surface area contributed by atoms with Crippen LogP contribution in [0.3, 0.4) is 0 Å². The molecule has 0 fully saturated rings. The highest BCUT2D eigenvalue weighted by atomic mass is 32.3. The molecule has 0 heterocycles. The number of nitrogens with one attached hydrogen (secondary N) is 2. The van der Waals surface area contributed by atoms with E-state index in [0.717, 1.165) is 18.4 Å². The number of hydrogen-bond acceptors (Lipinski definition) is 5. The number of sulfonamides is 1. The number of anilines is 1. The van der Waals surface area contributed by atoms with Gasteiger partial charge in [0.25, 0.3) is 0 Å². The highest BCUT2D eigenvalue weighted by molar-refractivity contribution is 8.08. The summed E-state index contributed by atoms with van der Waals surface area (Å²) in [7, 11) is -7.48. The van der Waals surface area contributed by atoms with Crippen LogP contribution in [0.15, 0.2) is 24.3 Å². The van der Waals surface area contributed by atoms with Crippen molar-refractivity contribution in [2.45, 2.75) is 13.5 Å². The van der Waals surface area contributed by atoms with Gasteiger partial charge in [0.15, 0.2) is 14.9 Å². The summed E-state index contributed by atoms with van der Waals surface area (Å²) in [5, 5.41) is 2.20.